The minimum Gasteiger partial charge on any atom is -0.380 e. The number of nitrogens with zero attached hydrogens (tertiary/aromatic N) is 1. The van der Waals surface area contributed by atoms with Crippen LogP contribution in [0.4, 0.5) is 0 Å². The molecule has 15 heavy (non-hydrogen) atoms. The van der Waals surface area contributed by atoms with E-state index in [1.807, 2.05) is 4.90 Å². The summed E-state index contributed by atoms with van der Waals surface area (Å²) in [6, 6.07) is 0. The van der Waals surface area contributed by atoms with Gasteiger partial charge in [-0.25, -0.2) is 0 Å². The van der Waals surface area contributed by atoms with Gasteiger partial charge in [0.05, 0.1) is 18.6 Å². The molecule has 0 bridgehead atoms. The van der Waals surface area contributed by atoms with Crippen molar-refractivity contribution in [1.29, 1.82) is 0 Å². The van der Waals surface area contributed by atoms with Gasteiger partial charge >= 0.3 is 0 Å². The van der Waals surface area contributed by atoms with Gasteiger partial charge in [0.15, 0.2) is 0 Å². The fourth-order valence-electron chi connectivity index (χ4n) is 3.49. The molecule has 1 amide bonds. The standard InChI is InChI=1S/C11H16N2O2/c14-10(9-7-1-12-2-8(7)9)13-3-11(4-13)5-15-6-11/h7-9,12H,1-6H2. The Morgan fingerprint density at radius 2 is 1.93 bits per heavy atom. The molecule has 1 saturated carbocycles. The molecular formula is C11H16N2O2. The van der Waals surface area contributed by atoms with E-state index in [4.69, 9.17) is 4.74 Å². The van der Waals surface area contributed by atoms with Gasteiger partial charge in [0.25, 0.3) is 0 Å². The summed E-state index contributed by atoms with van der Waals surface area (Å²) in [6.07, 6.45) is 0. The van der Waals surface area contributed by atoms with E-state index in [1.54, 1.807) is 0 Å². The van der Waals surface area contributed by atoms with Gasteiger partial charge in [0, 0.05) is 19.0 Å². The molecule has 4 heteroatoms. The van der Waals surface area contributed by atoms with Crippen LogP contribution in [0.2, 0.25) is 0 Å². The van der Waals surface area contributed by atoms with Crippen LogP contribution in [-0.2, 0) is 9.53 Å². The molecule has 0 aromatic carbocycles. The topological polar surface area (TPSA) is 41.6 Å². The Morgan fingerprint density at radius 1 is 1.27 bits per heavy atom. The number of carbonyl (C=O) groups excluding carboxylic acids is 1. The second kappa shape index (κ2) is 2.55. The Hall–Kier alpha value is -0.610. The van der Waals surface area contributed by atoms with Crippen molar-refractivity contribution >= 4 is 5.91 Å². The van der Waals surface area contributed by atoms with Crippen LogP contribution < -0.4 is 5.32 Å². The molecular weight excluding hydrogens is 192 g/mol. The summed E-state index contributed by atoms with van der Waals surface area (Å²) in [5, 5.41) is 3.33. The molecule has 4 aliphatic rings. The third-order valence-corrected chi connectivity index (χ3v) is 4.56. The number of likely N-dealkylation sites (tertiary alicyclic amines) is 1. The first-order chi connectivity index (χ1) is 7.29. The van der Waals surface area contributed by atoms with Gasteiger partial charge in [0.1, 0.15) is 0 Å². The van der Waals surface area contributed by atoms with E-state index in [1.165, 1.54) is 0 Å². The van der Waals surface area contributed by atoms with Crippen molar-refractivity contribution in [3.63, 3.8) is 0 Å². The Labute approximate surface area is 89.0 Å². The molecule has 4 rings (SSSR count). The maximum Gasteiger partial charge on any atom is 0.226 e. The van der Waals surface area contributed by atoms with Crippen molar-refractivity contribution in [2.45, 2.75) is 0 Å². The largest absolute Gasteiger partial charge is 0.380 e. The average Bonchev–Trinajstić information content (AvgIpc) is 2.55. The molecule has 4 fully saturated rings. The van der Waals surface area contributed by atoms with Crippen molar-refractivity contribution in [3.8, 4) is 0 Å². The molecule has 2 unspecified atom stereocenters. The van der Waals surface area contributed by atoms with Crippen LogP contribution in [0.1, 0.15) is 0 Å². The molecule has 0 radical (unpaired) electrons. The number of ether oxygens (including phenoxy) is 1. The minimum atomic E-state index is 0.365. The number of fused-ring (bicyclic) bond motifs is 1. The molecule has 3 heterocycles. The summed E-state index contributed by atoms with van der Waals surface area (Å²) in [7, 11) is 0. The summed E-state index contributed by atoms with van der Waals surface area (Å²) < 4.78 is 5.21. The first-order valence-corrected chi connectivity index (χ1v) is 5.86. The van der Waals surface area contributed by atoms with Gasteiger partial charge in [-0.05, 0) is 24.9 Å². The molecule has 3 saturated heterocycles. The van der Waals surface area contributed by atoms with Gasteiger partial charge in [-0.15, -0.1) is 0 Å². The lowest BCUT2D eigenvalue weighted by Crippen LogP contribution is -2.67. The summed E-state index contributed by atoms with van der Waals surface area (Å²) in [5.74, 6) is 2.10. The molecule has 82 valence electrons. The highest BCUT2D eigenvalue weighted by atomic mass is 16.5. The van der Waals surface area contributed by atoms with Crippen molar-refractivity contribution < 1.29 is 9.53 Å². The quantitative estimate of drug-likeness (QED) is 0.620. The van der Waals surface area contributed by atoms with Crippen LogP contribution >= 0.6 is 0 Å². The number of hydrogen-bond acceptors (Lipinski definition) is 3. The van der Waals surface area contributed by atoms with E-state index in [0.29, 0.717) is 29.1 Å². The van der Waals surface area contributed by atoms with Gasteiger partial charge in [0.2, 0.25) is 5.91 Å². The second-order valence-corrected chi connectivity index (χ2v) is 5.70. The van der Waals surface area contributed by atoms with E-state index in [0.717, 1.165) is 39.4 Å². The minimum absolute atomic E-state index is 0.365. The molecule has 1 spiro atoms. The number of amides is 1. The summed E-state index contributed by atoms with van der Waals surface area (Å²) in [4.78, 5) is 14.1. The highest BCUT2D eigenvalue weighted by Gasteiger charge is 2.61. The molecule has 0 aromatic rings. The van der Waals surface area contributed by atoms with Gasteiger partial charge in [-0.3, -0.25) is 4.79 Å². The van der Waals surface area contributed by atoms with Crippen molar-refractivity contribution in [2.75, 3.05) is 39.4 Å². The summed E-state index contributed by atoms with van der Waals surface area (Å²) >= 11 is 0. The van der Waals surface area contributed by atoms with Crippen LogP contribution in [0.15, 0.2) is 0 Å². The number of hydrogen-bond donors (Lipinski definition) is 1. The maximum atomic E-state index is 12.1. The normalized spacial score (nSPS) is 44.5. The molecule has 2 atom stereocenters. The van der Waals surface area contributed by atoms with Crippen LogP contribution in [0.5, 0.6) is 0 Å². The predicted octanol–water partition coefficient (Wildman–Crippen LogP) is -0.689. The van der Waals surface area contributed by atoms with Gasteiger partial charge < -0.3 is 15.0 Å². The smallest absolute Gasteiger partial charge is 0.226 e. The van der Waals surface area contributed by atoms with Gasteiger partial charge in [-0.1, -0.05) is 0 Å². The molecule has 4 nitrogen and oxygen atoms in total. The summed E-state index contributed by atoms with van der Waals surface area (Å²) in [5.41, 5.74) is 0.373. The molecule has 1 aliphatic carbocycles. The molecule has 3 aliphatic heterocycles. The van der Waals surface area contributed by atoms with Crippen LogP contribution in [0.3, 0.4) is 0 Å². The summed E-state index contributed by atoms with van der Waals surface area (Å²) in [6.45, 7) is 5.77. The van der Waals surface area contributed by atoms with Crippen LogP contribution in [0, 0.1) is 23.2 Å². The monoisotopic (exact) mass is 208 g/mol. The predicted molar refractivity (Wildman–Crippen MR) is 53.2 cm³/mol. The van der Waals surface area contributed by atoms with E-state index in [2.05, 4.69) is 5.32 Å². The Morgan fingerprint density at radius 3 is 2.47 bits per heavy atom. The third kappa shape index (κ3) is 1.01. The third-order valence-electron chi connectivity index (χ3n) is 4.56. The number of nitrogens with one attached hydrogen (secondary N) is 1. The maximum absolute atomic E-state index is 12.1. The fraction of sp³-hybridized carbons (Fsp3) is 0.909. The first-order valence-electron chi connectivity index (χ1n) is 5.86. The van der Waals surface area contributed by atoms with Crippen molar-refractivity contribution in [2.24, 2.45) is 23.2 Å². The van der Waals surface area contributed by atoms with E-state index in [9.17, 15) is 4.79 Å². The zero-order chi connectivity index (χ0) is 10.0. The highest BCUT2D eigenvalue weighted by Crippen LogP contribution is 2.51. The van der Waals surface area contributed by atoms with Gasteiger partial charge in [-0.2, -0.15) is 0 Å². The second-order valence-electron chi connectivity index (χ2n) is 5.70. The van der Waals surface area contributed by atoms with E-state index in [-0.39, 0.29) is 0 Å². The van der Waals surface area contributed by atoms with E-state index >= 15 is 0 Å². The Balaban J connectivity index is 1.38. The van der Waals surface area contributed by atoms with Crippen LogP contribution in [0.25, 0.3) is 0 Å². The number of carbonyl (C=O) groups is 1. The zero-order valence-electron chi connectivity index (χ0n) is 8.74. The van der Waals surface area contributed by atoms with Crippen molar-refractivity contribution in [3.05, 3.63) is 0 Å². The highest BCUT2D eigenvalue weighted by molar-refractivity contribution is 5.83. The molecule has 0 aromatic heterocycles. The average molecular weight is 208 g/mol. The first kappa shape index (κ1) is 8.53. The lowest BCUT2D eigenvalue weighted by atomic mass is 9.78. The number of piperidine rings is 1. The fourth-order valence-corrected chi connectivity index (χ4v) is 3.49. The zero-order valence-corrected chi connectivity index (χ0v) is 8.74. The molecule has 1 N–H and O–H groups in total. The SMILES string of the molecule is O=C(C1C2CNCC21)N1CC2(COC2)C1. The van der Waals surface area contributed by atoms with Crippen molar-refractivity contribution in [1.82, 2.24) is 10.2 Å². The lowest BCUT2D eigenvalue weighted by molar-refractivity contribution is -0.196. The van der Waals surface area contributed by atoms with Crippen LogP contribution in [-0.4, -0.2) is 50.2 Å². The van der Waals surface area contributed by atoms with E-state index < -0.39 is 0 Å². The Kier molecular flexibility index (Phi) is 1.45. The Bertz CT molecular complexity index is 309. The lowest BCUT2D eigenvalue weighted by Gasteiger charge is -2.55. The number of rotatable bonds is 1.